The van der Waals surface area contributed by atoms with E-state index in [1.165, 1.54) is 6.20 Å². The zero-order chi connectivity index (χ0) is 8.83. The van der Waals surface area contributed by atoms with Gasteiger partial charge in [-0.05, 0) is 6.72 Å². The fourth-order valence-electron chi connectivity index (χ4n) is 0. The summed E-state index contributed by atoms with van der Waals surface area (Å²) in [6, 6.07) is 0. The lowest BCUT2D eigenvalue weighted by Crippen LogP contribution is -1.90. The van der Waals surface area contributed by atoms with E-state index < -0.39 is 0 Å². The van der Waals surface area contributed by atoms with Gasteiger partial charge in [-0.1, -0.05) is 26.5 Å². The van der Waals surface area contributed by atoms with Gasteiger partial charge in [0, 0.05) is 12.7 Å². The Morgan fingerprint density at radius 1 is 1.40 bits per heavy atom. The van der Waals surface area contributed by atoms with Crippen molar-refractivity contribution in [3.8, 4) is 0 Å². The summed E-state index contributed by atoms with van der Waals surface area (Å²) in [7, 11) is 0. The quantitative estimate of drug-likeness (QED) is 0.464. The predicted molar refractivity (Wildman–Crippen MR) is 50.3 cm³/mol. The van der Waals surface area contributed by atoms with E-state index in [-0.39, 0.29) is 0 Å². The molecule has 10 heavy (non-hydrogen) atoms. The molecule has 0 saturated carbocycles. The molecule has 2 heteroatoms. The first-order valence-corrected chi connectivity index (χ1v) is 3.21. The van der Waals surface area contributed by atoms with Crippen molar-refractivity contribution >= 4 is 6.72 Å². The molecular formula is C8H18N2. The SMILES string of the molecule is C=CCN.C=CN=C.CC. The lowest BCUT2D eigenvalue weighted by molar-refractivity contribution is 1.26. The molecule has 0 aromatic rings. The Morgan fingerprint density at radius 3 is 1.60 bits per heavy atom. The van der Waals surface area contributed by atoms with E-state index in [1.54, 1.807) is 6.08 Å². The number of hydrogen-bond donors (Lipinski definition) is 1. The van der Waals surface area contributed by atoms with Crippen molar-refractivity contribution < 1.29 is 0 Å². The van der Waals surface area contributed by atoms with Crippen LogP contribution in [0.2, 0.25) is 0 Å². The molecule has 0 aliphatic heterocycles. The molecule has 0 rings (SSSR count). The molecule has 0 aromatic carbocycles. The number of nitrogens with zero attached hydrogens (tertiary/aromatic N) is 1. The Kier molecular flexibility index (Phi) is 68.0. The third-order valence-electron chi connectivity index (χ3n) is 0.296. The van der Waals surface area contributed by atoms with Crippen LogP contribution in [-0.2, 0) is 0 Å². The van der Waals surface area contributed by atoms with Crippen molar-refractivity contribution in [3.63, 3.8) is 0 Å². The van der Waals surface area contributed by atoms with E-state index in [9.17, 15) is 0 Å². The molecule has 0 bridgehead atoms. The highest BCUT2D eigenvalue weighted by molar-refractivity contribution is 5.24. The first-order valence-electron chi connectivity index (χ1n) is 3.21. The van der Waals surface area contributed by atoms with Gasteiger partial charge < -0.3 is 5.73 Å². The van der Waals surface area contributed by atoms with E-state index in [2.05, 4.69) is 24.9 Å². The number of hydrogen-bond acceptors (Lipinski definition) is 2. The second-order valence-electron chi connectivity index (χ2n) is 0.890. The molecule has 0 aliphatic rings. The van der Waals surface area contributed by atoms with Crippen LogP contribution in [0.4, 0.5) is 0 Å². The van der Waals surface area contributed by atoms with Crippen LogP contribution in [0.15, 0.2) is 30.4 Å². The summed E-state index contributed by atoms with van der Waals surface area (Å²) in [6.45, 7) is 14.3. The molecule has 60 valence electrons. The van der Waals surface area contributed by atoms with E-state index >= 15 is 0 Å². The maximum atomic E-state index is 4.91. The van der Waals surface area contributed by atoms with Crippen molar-refractivity contribution in [1.82, 2.24) is 0 Å². The van der Waals surface area contributed by atoms with Crippen molar-refractivity contribution in [2.45, 2.75) is 13.8 Å². The summed E-state index contributed by atoms with van der Waals surface area (Å²) < 4.78 is 0. The number of rotatable bonds is 2. The van der Waals surface area contributed by atoms with Gasteiger partial charge in [-0.3, -0.25) is 4.99 Å². The Labute approximate surface area is 64.2 Å². The third kappa shape index (κ3) is 215. The van der Waals surface area contributed by atoms with Gasteiger partial charge in [-0.2, -0.15) is 0 Å². The molecule has 0 heterocycles. The molecule has 0 aromatic heterocycles. The van der Waals surface area contributed by atoms with Gasteiger partial charge >= 0.3 is 0 Å². The molecule has 0 amide bonds. The summed E-state index contributed by atoms with van der Waals surface area (Å²) in [5.41, 5.74) is 4.91. The maximum Gasteiger partial charge on any atom is 0.0188 e. The summed E-state index contributed by atoms with van der Waals surface area (Å²) in [5, 5.41) is 0. The molecule has 0 spiro atoms. The first-order chi connectivity index (χ1) is 4.83. The molecule has 0 unspecified atom stereocenters. The lowest BCUT2D eigenvalue weighted by Gasteiger charge is -1.61. The molecular weight excluding hydrogens is 124 g/mol. The van der Waals surface area contributed by atoms with Gasteiger partial charge in [-0.25, -0.2) is 0 Å². The summed E-state index contributed by atoms with van der Waals surface area (Å²) >= 11 is 0. The van der Waals surface area contributed by atoms with Gasteiger partial charge in [0.1, 0.15) is 0 Å². The van der Waals surface area contributed by atoms with Crippen LogP contribution in [-0.4, -0.2) is 13.3 Å². The zero-order valence-electron chi connectivity index (χ0n) is 7.01. The second kappa shape index (κ2) is 42.4. The molecule has 2 N–H and O–H groups in total. The first kappa shape index (κ1) is 16.1. The Balaban J connectivity index is -0.0000000787. The molecule has 2 nitrogen and oxygen atoms in total. The van der Waals surface area contributed by atoms with Crippen LogP contribution in [0, 0.1) is 0 Å². The fourth-order valence-corrected chi connectivity index (χ4v) is 0. The topological polar surface area (TPSA) is 38.4 Å². The Hall–Kier alpha value is -0.890. The van der Waals surface area contributed by atoms with Crippen LogP contribution in [0.5, 0.6) is 0 Å². The fraction of sp³-hybridized carbons (Fsp3) is 0.375. The predicted octanol–water partition coefficient (Wildman–Crippen LogP) is 1.99. The average Bonchev–Trinajstić information content (AvgIpc) is 2.08. The van der Waals surface area contributed by atoms with Gasteiger partial charge in [0.05, 0.1) is 0 Å². The van der Waals surface area contributed by atoms with Crippen LogP contribution in [0.3, 0.4) is 0 Å². The monoisotopic (exact) mass is 142 g/mol. The zero-order valence-corrected chi connectivity index (χ0v) is 7.01. The lowest BCUT2D eigenvalue weighted by atomic mass is 10.7. The van der Waals surface area contributed by atoms with Gasteiger partial charge in [0.25, 0.3) is 0 Å². The average molecular weight is 142 g/mol. The second-order valence-corrected chi connectivity index (χ2v) is 0.890. The Morgan fingerprint density at radius 2 is 1.60 bits per heavy atom. The van der Waals surface area contributed by atoms with Crippen molar-refractivity contribution in [2.75, 3.05) is 6.54 Å². The van der Waals surface area contributed by atoms with Crippen LogP contribution < -0.4 is 5.73 Å². The van der Waals surface area contributed by atoms with Gasteiger partial charge in [0.15, 0.2) is 0 Å². The van der Waals surface area contributed by atoms with E-state index in [4.69, 9.17) is 5.73 Å². The molecule has 0 aliphatic carbocycles. The normalized spacial score (nSPS) is 5.10. The van der Waals surface area contributed by atoms with Crippen LogP contribution in [0.1, 0.15) is 13.8 Å². The van der Waals surface area contributed by atoms with E-state index in [1.807, 2.05) is 13.8 Å². The number of aliphatic imine (C=N–C) groups is 1. The minimum atomic E-state index is 0.583. The van der Waals surface area contributed by atoms with Gasteiger partial charge in [0.2, 0.25) is 0 Å². The standard InChI is InChI=1S/C3H5N.C3H7N.C2H6/c1-3-4-2;1-2-3-4;1-2/h3H,1-2H2;2H,1,3-4H2;1-2H3. The highest BCUT2D eigenvalue weighted by atomic mass is 14.6. The smallest absolute Gasteiger partial charge is 0.0188 e. The largest absolute Gasteiger partial charge is 0.327 e. The highest BCUT2D eigenvalue weighted by Crippen LogP contribution is 1.50. The van der Waals surface area contributed by atoms with Crippen molar-refractivity contribution in [1.29, 1.82) is 0 Å². The van der Waals surface area contributed by atoms with Crippen molar-refractivity contribution in [3.05, 3.63) is 25.4 Å². The summed E-state index contributed by atoms with van der Waals surface area (Å²) in [4.78, 5) is 3.25. The molecule has 0 radical (unpaired) electrons. The summed E-state index contributed by atoms with van der Waals surface area (Å²) in [5.74, 6) is 0. The van der Waals surface area contributed by atoms with E-state index in [0.29, 0.717) is 6.54 Å². The highest BCUT2D eigenvalue weighted by Gasteiger charge is 1.43. The summed E-state index contributed by atoms with van der Waals surface area (Å²) in [6.07, 6.45) is 3.04. The Bertz CT molecular complexity index is 61.7. The minimum Gasteiger partial charge on any atom is -0.327 e. The van der Waals surface area contributed by atoms with Crippen LogP contribution >= 0.6 is 0 Å². The van der Waals surface area contributed by atoms with E-state index in [0.717, 1.165) is 0 Å². The molecule has 0 fully saturated rings. The minimum absolute atomic E-state index is 0.583. The molecule has 0 saturated heterocycles. The maximum absolute atomic E-state index is 4.91. The number of nitrogens with two attached hydrogens (primary N) is 1. The van der Waals surface area contributed by atoms with Crippen molar-refractivity contribution in [2.24, 2.45) is 10.7 Å². The molecule has 0 atom stereocenters. The third-order valence-corrected chi connectivity index (χ3v) is 0.296. The van der Waals surface area contributed by atoms with Crippen LogP contribution in [0.25, 0.3) is 0 Å². The van der Waals surface area contributed by atoms with Gasteiger partial charge in [-0.15, -0.1) is 6.58 Å².